The first-order valence-corrected chi connectivity index (χ1v) is 8.84. The minimum atomic E-state index is -0.221. The molecule has 0 spiro atoms. The van der Waals surface area contributed by atoms with Crippen molar-refractivity contribution >= 4 is 11.7 Å². The highest BCUT2D eigenvalue weighted by Crippen LogP contribution is 2.20. The molecule has 0 saturated carbocycles. The number of methoxy groups -OCH3 is 1. The highest BCUT2D eigenvalue weighted by Gasteiger charge is 2.23. The summed E-state index contributed by atoms with van der Waals surface area (Å²) < 4.78 is 7.01. The van der Waals surface area contributed by atoms with Crippen LogP contribution in [-0.2, 0) is 16.0 Å². The van der Waals surface area contributed by atoms with Crippen LogP contribution in [-0.4, -0.2) is 56.1 Å². The number of aromatic nitrogens is 5. The lowest BCUT2D eigenvalue weighted by atomic mass is 10.1. The number of carbonyl (C=O) groups excluding carboxylic acids is 1. The Morgan fingerprint density at radius 1 is 1.30 bits per heavy atom. The zero-order valence-corrected chi connectivity index (χ0v) is 16.1. The van der Waals surface area contributed by atoms with Gasteiger partial charge < -0.3 is 9.64 Å². The molecule has 3 aromatic rings. The Morgan fingerprint density at radius 2 is 2.11 bits per heavy atom. The van der Waals surface area contributed by atoms with Crippen molar-refractivity contribution in [2.24, 2.45) is 0 Å². The number of likely N-dealkylation sites (N-methyl/N-ethyl adjacent to an activating group) is 1. The van der Waals surface area contributed by atoms with Crippen LogP contribution in [0.4, 0.5) is 0 Å². The molecule has 0 saturated heterocycles. The molecule has 0 unspecified atom stereocenters. The number of nitrogens with zero attached hydrogens (tertiary/aromatic N) is 6. The first kappa shape index (κ1) is 18.9. The van der Waals surface area contributed by atoms with Crippen LogP contribution < -0.4 is 0 Å². The number of aryl methyl sites for hydroxylation is 2. The number of rotatable bonds is 7. The molecular formula is C19H24N6O2. The molecule has 1 atom stereocenters. The molecule has 0 aromatic carbocycles. The van der Waals surface area contributed by atoms with Crippen molar-refractivity contribution in [2.75, 3.05) is 20.8 Å². The van der Waals surface area contributed by atoms with Crippen LogP contribution in [0.2, 0.25) is 0 Å². The first-order chi connectivity index (χ1) is 13.0. The van der Waals surface area contributed by atoms with E-state index in [1.807, 2.05) is 32.0 Å². The third kappa shape index (κ3) is 3.95. The fourth-order valence-electron chi connectivity index (χ4n) is 3.23. The van der Waals surface area contributed by atoms with E-state index in [-0.39, 0.29) is 11.9 Å². The fourth-order valence-corrected chi connectivity index (χ4v) is 3.23. The van der Waals surface area contributed by atoms with Gasteiger partial charge in [0.15, 0.2) is 0 Å². The summed E-state index contributed by atoms with van der Waals surface area (Å²) in [6, 6.07) is 5.45. The summed E-state index contributed by atoms with van der Waals surface area (Å²) in [7, 11) is 3.42. The third-order valence-corrected chi connectivity index (χ3v) is 4.79. The second kappa shape index (κ2) is 8.22. The van der Waals surface area contributed by atoms with Crippen LogP contribution >= 0.6 is 0 Å². The zero-order valence-electron chi connectivity index (χ0n) is 16.1. The molecule has 3 rings (SSSR count). The van der Waals surface area contributed by atoms with Crippen LogP contribution in [0.5, 0.6) is 0 Å². The van der Waals surface area contributed by atoms with E-state index in [9.17, 15) is 4.79 Å². The molecule has 0 aliphatic rings. The molecule has 27 heavy (non-hydrogen) atoms. The van der Waals surface area contributed by atoms with E-state index in [1.54, 1.807) is 29.8 Å². The van der Waals surface area contributed by atoms with Gasteiger partial charge in [0, 0.05) is 38.2 Å². The molecule has 8 nitrogen and oxygen atoms in total. The number of carbonyl (C=O) groups is 1. The van der Waals surface area contributed by atoms with Gasteiger partial charge in [0.05, 0.1) is 18.3 Å². The van der Waals surface area contributed by atoms with E-state index in [2.05, 4.69) is 20.1 Å². The summed E-state index contributed by atoms with van der Waals surface area (Å²) in [6.45, 7) is 4.30. The Bertz CT molecular complexity index is 925. The molecule has 0 aliphatic carbocycles. The van der Waals surface area contributed by atoms with Crippen LogP contribution in [0.15, 0.2) is 30.7 Å². The van der Waals surface area contributed by atoms with Gasteiger partial charge in [0.25, 0.3) is 5.78 Å². The average molecular weight is 368 g/mol. The van der Waals surface area contributed by atoms with Gasteiger partial charge in [-0.1, -0.05) is 6.07 Å². The van der Waals surface area contributed by atoms with Crippen molar-refractivity contribution in [3.63, 3.8) is 0 Å². The van der Waals surface area contributed by atoms with Crippen molar-refractivity contribution < 1.29 is 9.53 Å². The lowest BCUT2D eigenvalue weighted by Crippen LogP contribution is -2.34. The number of pyridine rings is 1. The monoisotopic (exact) mass is 368 g/mol. The topological polar surface area (TPSA) is 85.5 Å². The SMILES string of the molecule is COC[C@@H](c1ccccn1)N(C)C(=O)CCc1c(C)nc2ncnn2c1C. The minimum Gasteiger partial charge on any atom is -0.382 e. The lowest BCUT2D eigenvalue weighted by molar-refractivity contribution is -0.133. The van der Waals surface area contributed by atoms with E-state index in [0.717, 1.165) is 22.6 Å². The zero-order chi connectivity index (χ0) is 19.4. The van der Waals surface area contributed by atoms with Crippen LogP contribution in [0, 0.1) is 13.8 Å². The molecule has 3 heterocycles. The predicted octanol–water partition coefficient (Wildman–Crippen LogP) is 1.91. The maximum Gasteiger partial charge on any atom is 0.252 e. The van der Waals surface area contributed by atoms with Gasteiger partial charge in [0.2, 0.25) is 5.91 Å². The number of hydrogen-bond donors (Lipinski definition) is 0. The maximum absolute atomic E-state index is 12.8. The van der Waals surface area contributed by atoms with E-state index in [1.165, 1.54) is 6.33 Å². The molecule has 0 N–H and O–H groups in total. The second-order valence-electron chi connectivity index (χ2n) is 6.46. The molecule has 3 aromatic heterocycles. The van der Waals surface area contributed by atoms with Gasteiger partial charge in [0.1, 0.15) is 6.33 Å². The van der Waals surface area contributed by atoms with E-state index >= 15 is 0 Å². The van der Waals surface area contributed by atoms with Gasteiger partial charge in [-0.05, 0) is 38.0 Å². The molecule has 0 fully saturated rings. The number of fused-ring (bicyclic) bond motifs is 1. The van der Waals surface area contributed by atoms with Gasteiger partial charge in [-0.2, -0.15) is 10.1 Å². The summed E-state index contributed by atoms with van der Waals surface area (Å²) in [4.78, 5) is 27.5. The smallest absolute Gasteiger partial charge is 0.252 e. The van der Waals surface area contributed by atoms with Gasteiger partial charge in [-0.3, -0.25) is 9.78 Å². The van der Waals surface area contributed by atoms with Crippen LogP contribution in [0.1, 0.15) is 35.1 Å². The van der Waals surface area contributed by atoms with Crippen molar-refractivity contribution in [3.8, 4) is 0 Å². The summed E-state index contributed by atoms with van der Waals surface area (Å²) in [6.07, 6.45) is 4.17. The second-order valence-corrected chi connectivity index (χ2v) is 6.46. The highest BCUT2D eigenvalue weighted by atomic mass is 16.5. The van der Waals surface area contributed by atoms with Crippen molar-refractivity contribution in [1.82, 2.24) is 29.5 Å². The van der Waals surface area contributed by atoms with Crippen molar-refractivity contribution in [2.45, 2.75) is 32.7 Å². The Kier molecular flexibility index (Phi) is 5.75. The summed E-state index contributed by atoms with van der Waals surface area (Å²) in [5.74, 6) is 0.604. The molecule has 0 aliphatic heterocycles. The molecule has 8 heteroatoms. The molecule has 0 bridgehead atoms. The average Bonchev–Trinajstić information content (AvgIpc) is 3.14. The Labute approximate surface area is 158 Å². The number of hydrogen-bond acceptors (Lipinski definition) is 6. The Hall–Kier alpha value is -2.87. The first-order valence-electron chi connectivity index (χ1n) is 8.84. The molecule has 1 amide bonds. The number of amides is 1. The Balaban J connectivity index is 1.75. The Morgan fingerprint density at radius 3 is 2.81 bits per heavy atom. The van der Waals surface area contributed by atoms with Crippen LogP contribution in [0.3, 0.4) is 0 Å². The van der Waals surface area contributed by atoms with Gasteiger partial charge >= 0.3 is 0 Å². The van der Waals surface area contributed by atoms with Crippen molar-refractivity contribution in [1.29, 1.82) is 0 Å². The molecule has 0 radical (unpaired) electrons. The minimum absolute atomic E-state index is 0.0280. The fraction of sp³-hybridized carbons (Fsp3) is 0.421. The largest absolute Gasteiger partial charge is 0.382 e. The normalized spacial score (nSPS) is 12.3. The highest BCUT2D eigenvalue weighted by molar-refractivity contribution is 5.76. The third-order valence-electron chi connectivity index (χ3n) is 4.79. The lowest BCUT2D eigenvalue weighted by Gasteiger charge is -2.27. The van der Waals surface area contributed by atoms with E-state index in [0.29, 0.717) is 25.2 Å². The summed E-state index contributed by atoms with van der Waals surface area (Å²) in [5.41, 5.74) is 3.68. The molecule has 142 valence electrons. The molecular weight excluding hydrogens is 344 g/mol. The van der Waals surface area contributed by atoms with Gasteiger partial charge in [-0.25, -0.2) is 9.50 Å². The summed E-state index contributed by atoms with van der Waals surface area (Å²) >= 11 is 0. The summed E-state index contributed by atoms with van der Waals surface area (Å²) in [5, 5.41) is 4.20. The predicted molar refractivity (Wildman–Crippen MR) is 100 cm³/mol. The quantitative estimate of drug-likeness (QED) is 0.633. The van der Waals surface area contributed by atoms with E-state index in [4.69, 9.17) is 4.74 Å². The standard InChI is InChI=1S/C19H24N6O2/c1-13-15(14(2)25-19(23-13)21-12-22-25)8-9-18(26)24(3)17(11-27-4)16-7-5-6-10-20-16/h5-7,10,12,17H,8-9,11H2,1-4H3/t17-/m0/s1. The van der Waals surface area contributed by atoms with Crippen LogP contribution in [0.25, 0.3) is 5.78 Å². The van der Waals surface area contributed by atoms with Crippen molar-refractivity contribution in [3.05, 3.63) is 53.4 Å². The maximum atomic E-state index is 12.8. The van der Waals surface area contributed by atoms with E-state index < -0.39 is 0 Å². The van der Waals surface area contributed by atoms with Gasteiger partial charge in [-0.15, -0.1) is 0 Å². The number of ether oxygens (including phenoxy) is 1.